The Morgan fingerprint density at radius 1 is 0.944 bits per heavy atom. The second kappa shape index (κ2) is 8.27. The molecule has 0 atom stereocenters. The third-order valence-electron chi connectivity index (χ3n) is 2.19. The largest absolute Gasteiger partial charge is 0.381 e. The van der Waals surface area contributed by atoms with Gasteiger partial charge in [0.25, 0.3) is 0 Å². The number of hydrogen-bond acceptors (Lipinski definition) is 4. The summed E-state index contributed by atoms with van der Waals surface area (Å²) in [5.41, 5.74) is 0.164. The minimum absolute atomic E-state index is 0.0819. The average molecular weight is 276 g/mol. The Bertz CT molecular complexity index is 195. The van der Waals surface area contributed by atoms with E-state index in [1.807, 2.05) is 0 Å². The summed E-state index contributed by atoms with van der Waals surface area (Å²) in [6.45, 7) is 16.9. The molecular formula is C13H33N3OSi. The lowest BCUT2D eigenvalue weighted by atomic mass is 10.1. The molecule has 0 radical (unpaired) electrons. The van der Waals surface area contributed by atoms with Crippen molar-refractivity contribution in [3.8, 4) is 0 Å². The molecule has 110 valence electrons. The van der Waals surface area contributed by atoms with Crippen LogP contribution in [-0.4, -0.2) is 33.7 Å². The predicted octanol–water partition coefficient (Wildman–Crippen LogP) is 1.84. The maximum atomic E-state index is 5.95. The van der Waals surface area contributed by atoms with Crippen molar-refractivity contribution in [1.82, 2.24) is 15.3 Å². The van der Waals surface area contributed by atoms with Crippen molar-refractivity contribution >= 4 is 9.36 Å². The fourth-order valence-electron chi connectivity index (χ4n) is 1.42. The van der Waals surface area contributed by atoms with Crippen LogP contribution in [0.25, 0.3) is 0 Å². The van der Waals surface area contributed by atoms with Crippen molar-refractivity contribution < 1.29 is 4.43 Å². The first-order chi connectivity index (χ1) is 8.14. The molecule has 0 unspecified atom stereocenters. The fourth-order valence-corrected chi connectivity index (χ4v) is 3.52. The maximum absolute atomic E-state index is 5.95. The van der Waals surface area contributed by atoms with Gasteiger partial charge in [-0.05, 0) is 54.5 Å². The summed E-state index contributed by atoms with van der Waals surface area (Å²) < 4.78 is 5.95. The zero-order valence-electron chi connectivity index (χ0n) is 13.3. The van der Waals surface area contributed by atoms with Crippen LogP contribution in [0.4, 0.5) is 0 Å². The molecule has 18 heavy (non-hydrogen) atoms. The number of hydrogen-bond donors (Lipinski definition) is 3. The van der Waals surface area contributed by atoms with Crippen LogP contribution in [0.2, 0.25) is 0 Å². The molecule has 0 amide bonds. The molecule has 4 nitrogen and oxygen atoms in total. The summed E-state index contributed by atoms with van der Waals surface area (Å²) in [6, 6.07) is 0. The topological polar surface area (TPSA) is 45.3 Å². The number of nitrogens with one attached hydrogen (secondary N) is 3. The van der Waals surface area contributed by atoms with Crippen molar-refractivity contribution in [1.29, 1.82) is 0 Å². The first-order valence-corrected chi connectivity index (χ1v) is 8.64. The van der Waals surface area contributed by atoms with Crippen LogP contribution in [-0.2, 0) is 4.43 Å². The van der Waals surface area contributed by atoms with Gasteiger partial charge in [-0.1, -0.05) is 13.3 Å². The number of unbranched alkanes of at least 4 members (excludes halogenated alkanes) is 1. The first kappa shape index (κ1) is 18.1. The van der Waals surface area contributed by atoms with Crippen molar-refractivity contribution in [2.45, 2.75) is 72.4 Å². The molecule has 0 aromatic rings. The van der Waals surface area contributed by atoms with Crippen molar-refractivity contribution in [2.75, 3.05) is 13.3 Å². The Kier molecular flexibility index (Phi) is 8.30. The summed E-state index contributed by atoms with van der Waals surface area (Å²) in [5, 5.41) is 3.32. The highest BCUT2D eigenvalue weighted by Crippen LogP contribution is 2.03. The van der Waals surface area contributed by atoms with Crippen LogP contribution in [0.1, 0.15) is 61.3 Å². The van der Waals surface area contributed by atoms with Gasteiger partial charge in [-0.25, -0.2) is 0 Å². The van der Waals surface area contributed by atoms with Gasteiger partial charge in [0, 0.05) is 11.1 Å². The van der Waals surface area contributed by atoms with Crippen LogP contribution >= 0.6 is 0 Å². The average Bonchev–Trinajstić information content (AvgIpc) is 2.12. The van der Waals surface area contributed by atoms with Crippen LogP contribution in [0.3, 0.4) is 0 Å². The van der Waals surface area contributed by atoms with E-state index in [4.69, 9.17) is 4.43 Å². The van der Waals surface area contributed by atoms with E-state index >= 15 is 0 Å². The van der Waals surface area contributed by atoms with Crippen LogP contribution in [0.15, 0.2) is 0 Å². The Hall–Kier alpha value is 0.0569. The van der Waals surface area contributed by atoms with E-state index in [1.54, 1.807) is 0 Å². The molecule has 0 bridgehead atoms. The summed E-state index contributed by atoms with van der Waals surface area (Å²) >= 11 is 0. The highest BCUT2D eigenvalue weighted by Gasteiger charge is 2.24. The van der Waals surface area contributed by atoms with Crippen LogP contribution in [0, 0.1) is 0 Å². The summed E-state index contributed by atoms with van der Waals surface area (Å²) in [7, 11) is -1.60. The van der Waals surface area contributed by atoms with Gasteiger partial charge >= 0.3 is 9.36 Å². The Labute approximate surface area is 115 Å². The van der Waals surface area contributed by atoms with Crippen LogP contribution < -0.4 is 15.3 Å². The van der Waals surface area contributed by atoms with Crippen LogP contribution in [0.5, 0.6) is 0 Å². The molecular weight excluding hydrogens is 242 g/mol. The molecule has 0 spiro atoms. The predicted molar refractivity (Wildman–Crippen MR) is 81.8 cm³/mol. The normalized spacial score (nSPS) is 13.3. The third-order valence-corrected chi connectivity index (χ3v) is 4.94. The quantitative estimate of drug-likeness (QED) is 0.359. The van der Waals surface area contributed by atoms with Crippen molar-refractivity contribution in [2.24, 2.45) is 0 Å². The Balaban J connectivity index is 4.06. The smallest absolute Gasteiger partial charge is 0.336 e. The Morgan fingerprint density at radius 3 is 1.83 bits per heavy atom. The molecule has 0 aromatic heterocycles. The van der Waals surface area contributed by atoms with E-state index in [-0.39, 0.29) is 11.1 Å². The summed E-state index contributed by atoms with van der Waals surface area (Å²) in [6.07, 6.45) is 2.42. The van der Waals surface area contributed by atoms with Gasteiger partial charge in [0.05, 0.1) is 6.73 Å². The molecule has 0 fully saturated rings. The Morgan fingerprint density at radius 2 is 1.44 bits per heavy atom. The highest BCUT2D eigenvalue weighted by atomic mass is 28.3. The third kappa shape index (κ3) is 12.5. The molecule has 0 aliphatic rings. The minimum atomic E-state index is -1.60. The first-order valence-electron chi connectivity index (χ1n) is 7.02. The van der Waals surface area contributed by atoms with Gasteiger partial charge in [-0.3, -0.25) is 5.32 Å². The molecule has 5 heteroatoms. The SMILES string of the molecule is CCCCNCO[SiH](NC(C)(C)C)NC(C)(C)C. The molecule has 0 heterocycles. The molecule has 3 N–H and O–H groups in total. The van der Waals surface area contributed by atoms with Gasteiger partial charge in [0.2, 0.25) is 0 Å². The van der Waals surface area contributed by atoms with E-state index in [0.29, 0.717) is 6.73 Å². The lowest BCUT2D eigenvalue weighted by Crippen LogP contribution is -2.62. The molecule has 0 aliphatic carbocycles. The molecule has 0 aromatic carbocycles. The lowest BCUT2D eigenvalue weighted by molar-refractivity contribution is 0.251. The van der Waals surface area contributed by atoms with Gasteiger partial charge in [-0.15, -0.1) is 0 Å². The number of rotatable bonds is 8. The standard InChI is InChI=1S/C13H33N3OSi/c1-8-9-10-14-11-17-18(15-12(2,3)4)16-13(5,6)7/h14-16,18H,8-11H2,1-7H3. The van der Waals surface area contributed by atoms with E-state index in [9.17, 15) is 0 Å². The monoisotopic (exact) mass is 275 g/mol. The zero-order chi connectivity index (χ0) is 14.2. The molecule has 0 aliphatic heterocycles. The minimum Gasteiger partial charge on any atom is -0.381 e. The maximum Gasteiger partial charge on any atom is 0.336 e. The molecule has 0 saturated carbocycles. The van der Waals surface area contributed by atoms with Gasteiger partial charge in [-0.2, -0.15) is 0 Å². The zero-order valence-corrected chi connectivity index (χ0v) is 14.5. The summed E-state index contributed by atoms with van der Waals surface area (Å²) in [4.78, 5) is 7.14. The van der Waals surface area contributed by atoms with E-state index < -0.39 is 9.36 Å². The van der Waals surface area contributed by atoms with Gasteiger partial charge in [0.15, 0.2) is 0 Å². The molecule has 0 saturated heterocycles. The van der Waals surface area contributed by atoms with E-state index in [0.717, 1.165) is 6.54 Å². The highest BCUT2D eigenvalue weighted by molar-refractivity contribution is 6.46. The second-order valence-electron chi connectivity index (χ2n) is 6.83. The molecule has 0 rings (SSSR count). The van der Waals surface area contributed by atoms with Gasteiger partial charge < -0.3 is 14.4 Å². The summed E-state index contributed by atoms with van der Waals surface area (Å²) in [5.74, 6) is 0. The van der Waals surface area contributed by atoms with Crippen molar-refractivity contribution in [3.63, 3.8) is 0 Å². The van der Waals surface area contributed by atoms with E-state index in [2.05, 4.69) is 63.7 Å². The van der Waals surface area contributed by atoms with E-state index in [1.165, 1.54) is 12.8 Å². The fraction of sp³-hybridized carbons (Fsp3) is 1.00. The van der Waals surface area contributed by atoms with Gasteiger partial charge in [0.1, 0.15) is 0 Å². The van der Waals surface area contributed by atoms with Crippen molar-refractivity contribution in [3.05, 3.63) is 0 Å². The second-order valence-corrected chi connectivity index (χ2v) is 8.50. The lowest BCUT2D eigenvalue weighted by Gasteiger charge is -2.32.